The second kappa shape index (κ2) is 15.7. The Kier molecular flexibility index (Phi) is 13.9. The number of carbonyl (C=O) groups excluding carboxylic acids is 1. The van der Waals surface area contributed by atoms with Crippen molar-refractivity contribution in [1.82, 2.24) is 5.32 Å². The molecule has 0 aromatic heterocycles. The van der Waals surface area contributed by atoms with E-state index >= 15 is 0 Å². The summed E-state index contributed by atoms with van der Waals surface area (Å²) in [5.41, 5.74) is 13.2. The van der Waals surface area contributed by atoms with Crippen molar-refractivity contribution in [2.24, 2.45) is 11.5 Å². The van der Waals surface area contributed by atoms with E-state index in [1.54, 1.807) is 30.3 Å². The average molecular weight is 554 g/mol. The number of carboxylic acid groups (broad SMARTS) is 2. The molecule has 0 saturated heterocycles. The van der Waals surface area contributed by atoms with E-state index in [2.05, 4.69) is 5.32 Å². The van der Waals surface area contributed by atoms with Gasteiger partial charge in [0.25, 0.3) is 5.91 Å². The molecule has 0 fully saturated rings. The highest BCUT2D eigenvalue weighted by molar-refractivity contribution is 5.95. The van der Waals surface area contributed by atoms with E-state index in [1.807, 2.05) is 18.2 Å². The molecule has 38 heavy (non-hydrogen) atoms. The monoisotopic (exact) mass is 554 g/mol. The second-order valence-corrected chi connectivity index (χ2v) is 6.91. The fraction of sp³-hybridized carbons (Fsp3) is 0.273. The first-order valence-electron chi connectivity index (χ1n) is 10.2. The first-order valence-corrected chi connectivity index (χ1v) is 10.2. The lowest BCUT2D eigenvalue weighted by Gasteiger charge is -2.09. The zero-order valence-corrected chi connectivity index (χ0v) is 19.4. The van der Waals surface area contributed by atoms with Gasteiger partial charge in [-0.05, 0) is 36.2 Å². The highest BCUT2D eigenvalue weighted by atomic mass is 19.4. The summed E-state index contributed by atoms with van der Waals surface area (Å²) in [7, 11) is 0. The van der Waals surface area contributed by atoms with Crippen LogP contribution in [0.5, 0.6) is 5.75 Å². The number of hydrogen-bond acceptors (Lipinski definition) is 6. The van der Waals surface area contributed by atoms with Gasteiger partial charge >= 0.3 is 24.3 Å². The number of ether oxygens (including phenoxy) is 1. The fourth-order valence-electron chi connectivity index (χ4n) is 2.11. The predicted molar refractivity (Wildman–Crippen MR) is 122 cm³/mol. The molecule has 0 saturated carbocycles. The number of amides is 1. The normalized spacial score (nSPS) is 10.6. The van der Waals surface area contributed by atoms with Crippen LogP contribution in [0.2, 0.25) is 0 Å². The molecule has 0 bridgehead atoms. The summed E-state index contributed by atoms with van der Waals surface area (Å²) < 4.78 is 69.1. The molecule has 0 spiro atoms. The number of amidine groups is 1. The first-order chi connectivity index (χ1) is 17.5. The number of hydrogen-bond donors (Lipinski definition) is 6. The van der Waals surface area contributed by atoms with Crippen molar-refractivity contribution < 1.29 is 55.7 Å². The fourth-order valence-corrected chi connectivity index (χ4v) is 2.11. The molecular weight excluding hydrogens is 530 g/mol. The predicted octanol–water partition coefficient (Wildman–Crippen LogP) is 2.89. The number of aliphatic carboxylic acids is 2. The van der Waals surface area contributed by atoms with Gasteiger partial charge in [-0.15, -0.1) is 0 Å². The van der Waals surface area contributed by atoms with E-state index < -0.39 is 24.3 Å². The van der Waals surface area contributed by atoms with E-state index in [0.29, 0.717) is 43.0 Å². The molecule has 0 radical (unpaired) electrons. The van der Waals surface area contributed by atoms with Crippen LogP contribution in [0.1, 0.15) is 27.9 Å². The van der Waals surface area contributed by atoms with Crippen molar-refractivity contribution in [3.63, 3.8) is 0 Å². The van der Waals surface area contributed by atoms with Crippen molar-refractivity contribution in [3.05, 3.63) is 65.2 Å². The average Bonchev–Trinajstić information content (AvgIpc) is 2.83. The van der Waals surface area contributed by atoms with Gasteiger partial charge in [-0.3, -0.25) is 10.2 Å². The lowest BCUT2D eigenvalue weighted by atomic mass is 10.1. The number of benzene rings is 2. The van der Waals surface area contributed by atoms with Gasteiger partial charge in [-0.25, -0.2) is 9.59 Å². The number of carboxylic acids is 2. The van der Waals surface area contributed by atoms with Crippen LogP contribution in [0.25, 0.3) is 0 Å². The van der Waals surface area contributed by atoms with Gasteiger partial charge in [0.1, 0.15) is 11.6 Å². The summed E-state index contributed by atoms with van der Waals surface area (Å²) in [6.07, 6.45) is -9.49. The quantitative estimate of drug-likeness (QED) is 0.124. The van der Waals surface area contributed by atoms with E-state index in [1.165, 1.54) is 0 Å². The topological polar surface area (TPSA) is 189 Å². The van der Waals surface area contributed by atoms with Crippen LogP contribution in [-0.2, 0) is 16.1 Å². The number of nitrogen functional groups attached to an aromatic ring is 1. The third-order valence-electron chi connectivity index (χ3n) is 3.96. The minimum atomic E-state index is -5.08. The highest BCUT2D eigenvalue weighted by Crippen LogP contribution is 2.14. The molecule has 0 aliphatic rings. The Bertz CT molecular complexity index is 1050. The maximum Gasteiger partial charge on any atom is 0.490 e. The molecular formula is C22H24F6N4O6. The van der Waals surface area contributed by atoms with Gasteiger partial charge in [0.2, 0.25) is 0 Å². The van der Waals surface area contributed by atoms with E-state index in [4.69, 9.17) is 41.4 Å². The molecule has 16 heteroatoms. The molecule has 0 unspecified atom stereocenters. The summed E-state index contributed by atoms with van der Waals surface area (Å²) in [6.45, 7) is 1.45. The Hall–Kier alpha value is -4.34. The van der Waals surface area contributed by atoms with Crippen molar-refractivity contribution >= 4 is 23.7 Å². The highest BCUT2D eigenvalue weighted by Gasteiger charge is 2.38. The Morgan fingerprint density at radius 2 is 1.39 bits per heavy atom. The van der Waals surface area contributed by atoms with E-state index in [-0.39, 0.29) is 11.7 Å². The van der Waals surface area contributed by atoms with Gasteiger partial charge in [-0.2, -0.15) is 26.3 Å². The number of halogens is 6. The van der Waals surface area contributed by atoms with Crippen molar-refractivity contribution in [1.29, 1.82) is 5.41 Å². The molecule has 0 atom stereocenters. The summed E-state index contributed by atoms with van der Waals surface area (Å²) in [4.78, 5) is 29.8. The van der Waals surface area contributed by atoms with Crippen LogP contribution in [0.15, 0.2) is 48.5 Å². The maximum absolute atomic E-state index is 12.0. The van der Waals surface area contributed by atoms with Gasteiger partial charge < -0.3 is 31.7 Å². The van der Waals surface area contributed by atoms with Crippen LogP contribution >= 0.6 is 0 Å². The van der Waals surface area contributed by atoms with Gasteiger partial charge in [-0.1, -0.05) is 24.3 Å². The molecule has 2 aromatic carbocycles. The molecule has 10 nitrogen and oxygen atoms in total. The minimum Gasteiger partial charge on any atom is -0.494 e. The lowest BCUT2D eigenvalue weighted by Crippen LogP contribution is -2.25. The Morgan fingerprint density at radius 1 is 0.895 bits per heavy atom. The Balaban J connectivity index is 0.000000804. The largest absolute Gasteiger partial charge is 0.494 e. The number of alkyl halides is 6. The van der Waals surface area contributed by atoms with E-state index in [9.17, 15) is 31.1 Å². The number of carbonyl (C=O) groups is 3. The molecule has 8 N–H and O–H groups in total. The van der Waals surface area contributed by atoms with Crippen LogP contribution in [-0.4, -0.2) is 59.4 Å². The standard InChI is InChI=1S/C18H22N4O2.2C2HF3O2/c19-12-13-5-7-14(8-6-13)18(23)22-9-2-10-24-16-4-1-3-15(11-16)17(20)21;2*3-2(4,5)1(6)7/h1,3-8,11H,2,9-10,12,19H2,(H3,20,21)(H,22,23);2*(H,6,7). The molecule has 210 valence electrons. The molecule has 0 heterocycles. The zero-order chi connectivity index (χ0) is 29.5. The molecule has 0 aliphatic carbocycles. The molecule has 1 amide bonds. The summed E-state index contributed by atoms with van der Waals surface area (Å²) in [5, 5.41) is 24.5. The van der Waals surface area contributed by atoms with Gasteiger partial charge in [0.15, 0.2) is 0 Å². The lowest BCUT2D eigenvalue weighted by molar-refractivity contribution is -0.193. The van der Waals surface area contributed by atoms with E-state index in [0.717, 1.165) is 5.56 Å². The smallest absolute Gasteiger partial charge is 0.490 e. The Morgan fingerprint density at radius 3 is 1.82 bits per heavy atom. The SMILES string of the molecule is N=C(N)c1cccc(OCCCNC(=O)c2ccc(CN)cc2)c1.O=C(O)C(F)(F)F.O=C(O)C(F)(F)F. The summed E-state index contributed by atoms with van der Waals surface area (Å²) in [6, 6.07) is 14.3. The maximum atomic E-state index is 12.0. The third-order valence-corrected chi connectivity index (χ3v) is 3.96. The first kappa shape index (κ1) is 33.7. The summed E-state index contributed by atoms with van der Waals surface area (Å²) in [5.74, 6) is -4.96. The minimum absolute atomic E-state index is 0.00775. The number of nitrogens with one attached hydrogen (secondary N) is 2. The van der Waals surface area contributed by atoms with Crippen molar-refractivity contribution in [3.8, 4) is 5.75 Å². The zero-order valence-electron chi connectivity index (χ0n) is 19.4. The second-order valence-electron chi connectivity index (χ2n) is 6.91. The van der Waals surface area contributed by atoms with Crippen LogP contribution in [0.4, 0.5) is 26.3 Å². The molecule has 2 rings (SSSR count). The van der Waals surface area contributed by atoms with Gasteiger partial charge in [0.05, 0.1) is 6.61 Å². The van der Waals surface area contributed by atoms with Crippen molar-refractivity contribution in [2.45, 2.75) is 25.3 Å². The number of rotatable bonds is 8. The van der Waals surface area contributed by atoms with Crippen LogP contribution in [0.3, 0.4) is 0 Å². The third kappa shape index (κ3) is 14.3. The number of nitrogens with two attached hydrogens (primary N) is 2. The molecule has 0 aliphatic heterocycles. The van der Waals surface area contributed by atoms with Crippen LogP contribution in [0, 0.1) is 5.41 Å². The van der Waals surface area contributed by atoms with Crippen molar-refractivity contribution in [2.75, 3.05) is 13.2 Å². The molecule has 2 aromatic rings. The Labute approximate surface area is 211 Å². The summed E-state index contributed by atoms with van der Waals surface area (Å²) >= 11 is 0. The van der Waals surface area contributed by atoms with Crippen LogP contribution < -0.4 is 21.5 Å². The van der Waals surface area contributed by atoms with Gasteiger partial charge in [0, 0.05) is 24.2 Å².